The van der Waals surface area contributed by atoms with Crippen LogP contribution in [-0.2, 0) is 0 Å². The van der Waals surface area contributed by atoms with E-state index in [1.54, 1.807) is 20.4 Å². The van der Waals surface area contributed by atoms with Gasteiger partial charge in [-0.05, 0) is 23.6 Å². The van der Waals surface area contributed by atoms with Gasteiger partial charge in [-0.3, -0.25) is 0 Å². The molecule has 1 heterocycles. The summed E-state index contributed by atoms with van der Waals surface area (Å²) in [5.41, 5.74) is 5.42. The molecule has 96 valence electrons. The second-order valence-corrected chi connectivity index (χ2v) is 3.68. The topological polar surface area (TPSA) is 66.6 Å². The summed E-state index contributed by atoms with van der Waals surface area (Å²) >= 11 is 0. The first kappa shape index (κ1) is 12.4. The van der Waals surface area contributed by atoms with E-state index in [-0.39, 0.29) is 0 Å². The molecule has 18 heavy (non-hydrogen) atoms. The lowest BCUT2D eigenvalue weighted by atomic mass is 10.1. The maximum Gasteiger partial charge on any atom is 0.221 e. The van der Waals surface area contributed by atoms with Gasteiger partial charge in [0, 0.05) is 18.1 Å². The third-order valence-electron chi connectivity index (χ3n) is 2.59. The second-order valence-electron chi connectivity index (χ2n) is 3.68. The molecule has 0 fully saturated rings. The molecule has 0 saturated carbocycles. The van der Waals surface area contributed by atoms with E-state index in [4.69, 9.17) is 19.9 Å². The largest absolute Gasteiger partial charge is 0.493 e. The highest BCUT2D eigenvalue weighted by atomic mass is 16.5. The molecule has 1 aromatic carbocycles. The minimum absolute atomic E-state index is 0.431. The monoisotopic (exact) mass is 248 g/mol. The summed E-state index contributed by atoms with van der Waals surface area (Å²) in [7, 11) is 3.21. The number of hydrogen-bond donors (Lipinski definition) is 1. The van der Waals surface area contributed by atoms with Gasteiger partial charge >= 0.3 is 0 Å². The number of hydrogen-bond acceptors (Lipinski definition) is 5. The Balaban J connectivity index is 2.54. The maximum atomic E-state index is 5.51. The van der Waals surface area contributed by atoms with Crippen molar-refractivity contribution in [3.05, 3.63) is 24.4 Å². The van der Waals surface area contributed by atoms with Gasteiger partial charge in [0.15, 0.2) is 11.5 Å². The summed E-state index contributed by atoms with van der Waals surface area (Å²) in [4.78, 5) is 4.20. The van der Waals surface area contributed by atoms with Crippen LogP contribution in [0.25, 0.3) is 10.8 Å². The molecule has 2 aromatic rings. The third kappa shape index (κ3) is 2.31. The summed E-state index contributed by atoms with van der Waals surface area (Å²) in [6, 6.07) is 5.64. The van der Waals surface area contributed by atoms with Crippen LogP contribution in [0.2, 0.25) is 0 Å². The van der Waals surface area contributed by atoms with E-state index >= 15 is 0 Å². The minimum atomic E-state index is 0.431. The van der Waals surface area contributed by atoms with Gasteiger partial charge in [0.1, 0.15) is 6.61 Å². The maximum absolute atomic E-state index is 5.51. The SMILES string of the molecule is COc1cc2ccnc(OCCN)c2cc1OC. The smallest absolute Gasteiger partial charge is 0.221 e. The number of nitrogens with zero attached hydrogens (tertiary/aromatic N) is 1. The fraction of sp³-hybridized carbons (Fsp3) is 0.308. The van der Waals surface area contributed by atoms with Crippen LogP contribution in [0.1, 0.15) is 0 Å². The van der Waals surface area contributed by atoms with Gasteiger partial charge in [-0.2, -0.15) is 0 Å². The average Bonchev–Trinajstić information content (AvgIpc) is 2.43. The number of rotatable bonds is 5. The van der Waals surface area contributed by atoms with E-state index in [2.05, 4.69) is 4.98 Å². The second kappa shape index (κ2) is 5.55. The van der Waals surface area contributed by atoms with Crippen molar-refractivity contribution < 1.29 is 14.2 Å². The van der Waals surface area contributed by atoms with Crippen molar-refractivity contribution >= 4 is 10.8 Å². The first-order chi connectivity index (χ1) is 8.80. The van der Waals surface area contributed by atoms with E-state index < -0.39 is 0 Å². The molecule has 0 spiro atoms. The summed E-state index contributed by atoms with van der Waals surface area (Å²) in [5.74, 6) is 1.88. The molecule has 0 radical (unpaired) electrons. The Morgan fingerprint density at radius 3 is 2.56 bits per heavy atom. The van der Waals surface area contributed by atoms with Crippen molar-refractivity contribution in [2.45, 2.75) is 0 Å². The highest BCUT2D eigenvalue weighted by Crippen LogP contribution is 2.35. The molecular weight excluding hydrogens is 232 g/mol. The minimum Gasteiger partial charge on any atom is -0.493 e. The zero-order chi connectivity index (χ0) is 13.0. The van der Waals surface area contributed by atoms with Crippen molar-refractivity contribution in [3.63, 3.8) is 0 Å². The molecule has 5 heteroatoms. The van der Waals surface area contributed by atoms with E-state index in [9.17, 15) is 0 Å². The Bertz CT molecular complexity index is 543. The highest BCUT2D eigenvalue weighted by Gasteiger charge is 2.10. The van der Waals surface area contributed by atoms with Crippen LogP contribution in [0, 0.1) is 0 Å². The lowest BCUT2D eigenvalue weighted by Gasteiger charge is -2.11. The lowest BCUT2D eigenvalue weighted by Crippen LogP contribution is -2.11. The van der Waals surface area contributed by atoms with Crippen molar-refractivity contribution in [2.24, 2.45) is 5.73 Å². The molecule has 0 amide bonds. The molecule has 0 aliphatic rings. The van der Waals surface area contributed by atoms with Crippen LogP contribution < -0.4 is 19.9 Å². The number of fused-ring (bicyclic) bond motifs is 1. The number of benzene rings is 1. The molecule has 1 aromatic heterocycles. The average molecular weight is 248 g/mol. The molecular formula is C13H16N2O3. The number of methoxy groups -OCH3 is 2. The Hall–Kier alpha value is -2.01. The van der Waals surface area contributed by atoms with Gasteiger partial charge in [0.05, 0.1) is 14.2 Å². The summed E-state index contributed by atoms with van der Waals surface area (Å²) in [6.45, 7) is 0.881. The van der Waals surface area contributed by atoms with Crippen LogP contribution in [-0.4, -0.2) is 32.4 Å². The van der Waals surface area contributed by atoms with E-state index in [1.807, 2.05) is 18.2 Å². The van der Waals surface area contributed by atoms with Crippen LogP contribution in [0.3, 0.4) is 0 Å². The molecule has 2 N–H and O–H groups in total. The number of pyridine rings is 1. The van der Waals surface area contributed by atoms with Crippen LogP contribution >= 0.6 is 0 Å². The van der Waals surface area contributed by atoms with Gasteiger partial charge in [-0.1, -0.05) is 0 Å². The quantitative estimate of drug-likeness (QED) is 0.870. The van der Waals surface area contributed by atoms with Crippen molar-refractivity contribution in [1.82, 2.24) is 4.98 Å². The molecule has 2 rings (SSSR count). The van der Waals surface area contributed by atoms with E-state index in [1.165, 1.54) is 0 Å². The van der Waals surface area contributed by atoms with Gasteiger partial charge < -0.3 is 19.9 Å². The highest BCUT2D eigenvalue weighted by molar-refractivity contribution is 5.89. The summed E-state index contributed by atoms with van der Waals surface area (Å²) in [5, 5.41) is 1.86. The molecule has 0 saturated heterocycles. The van der Waals surface area contributed by atoms with Crippen molar-refractivity contribution in [1.29, 1.82) is 0 Å². The van der Waals surface area contributed by atoms with Crippen LogP contribution in [0.4, 0.5) is 0 Å². The molecule has 0 atom stereocenters. The van der Waals surface area contributed by atoms with E-state index in [0.717, 1.165) is 10.8 Å². The fourth-order valence-corrected chi connectivity index (χ4v) is 1.74. The first-order valence-electron chi connectivity index (χ1n) is 5.63. The van der Waals surface area contributed by atoms with Crippen molar-refractivity contribution in [3.8, 4) is 17.4 Å². The number of nitrogens with two attached hydrogens (primary N) is 1. The molecule has 0 aliphatic heterocycles. The van der Waals surface area contributed by atoms with Gasteiger partial charge in [0.2, 0.25) is 5.88 Å². The molecule has 0 bridgehead atoms. The Morgan fingerprint density at radius 2 is 1.89 bits per heavy atom. The van der Waals surface area contributed by atoms with Gasteiger partial charge in [-0.25, -0.2) is 4.98 Å². The molecule has 0 aliphatic carbocycles. The fourth-order valence-electron chi connectivity index (χ4n) is 1.74. The Labute approximate surface area is 105 Å². The zero-order valence-corrected chi connectivity index (χ0v) is 10.5. The predicted octanol–water partition coefficient (Wildman–Crippen LogP) is 1.59. The van der Waals surface area contributed by atoms with Gasteiger partial charge in [0.25, 0.3) is 0 Å². The Morgan fingerprint density at radius 1 is 1.17 bits per heavy atom. The third-order valence-corrected chi connectivity index (χ3v) is 2.59. The predicted molar refractivity (Wildman–Crippen MR) is 69.4 cm³/mol. The lowest BCUT2D eigenvalue weighted by molar-refractivity contribution is 0.319. The van der Waals surface area contributed by atoms with Crippen LogP contribution in [0.15, 0.2) is 24.4 Å². The number of ether oxygens (including phenoxy) is 3. The normalized spacial score (nSPS) is 10.4. The first-order valence-corrected chi connectivity index (χ1v) is 5.63. The number of aromatic nitrogens is 1. The van der Waals surface area contributed by atoms with Crippen molar-refractivity contribution in [2.75, 3.05) is 27.4 Å². The summed E-state index contributed by atoms with van der Waals surface area (Å²) in [6.07, 6.45) is 1.69. The summed E-state index contributed by atoms with van der Waals surface area (Å²) < 4.78 is 16.0. The van der Waals surface area contributed by atoms with E-state index in [0.29, 0.717) is 30.5 Å². The Kier molecular flexibility index (Phi) is 3.84. The molecule has 0 unspecified atom stereocenters. The van der Waals surface area contributed by atoms with Gasteiger partial charge in [-0.15, -0.1) is 0 Å². The molecule has 5 nitrogen and oxygen atoms in total. The zero-order valence-electron chi connectivity index (χ0n) is 10.5. The standard InChI is InChI=1S/C13H16N2O3/c1-16-11-7-9-3-5-15-13(18-6-4-14)10(9)8-12(11)17-2/h3,5,7-8H,4,6,14H2,1-2H3. The van der Waals surface area contributed by atoms with Crippen LogP contribution in [0.5, 0.6) is 17.4 Å².